The van der Waals surface area contributed by atoms with Gasteiger partial charge in [0.2, 0.25) is 0 Å². The summed E-state index contributed by atoms with van der Waals surface area (Å²) in [5, 5.41) is 18.9. The van der Waals surface area contributed by atoms with E-state index in [9.17, 15) is 15.0 Å². The van der Waals surface area contributed by atoms with Gasteiger partial charge in [-0.3, -0.25) is 4.79 Å². The highest BCUT2D eigenvalue weighted by molar-refractivity contribution is 6.30. The molecular weight excluding hydrogens is 302 g/mol. The highest BCUT2D eigenvalue weighted by Gasteiger charge is 2.17. The van der Waals surface area contributed by atoms with Crippen LogP contribution in [0.25, 0.3) is 0 Å². The Hall–Kier alpha value is -1.88. The summed E-state index contributed by atoms with van der Waals surface area (Å²) in [5.41, 5.74) is 1.78. The lowest BCUT2D eigenvalue weighted by Crippen LogP contribution is -2.31. The molecule has 0 radical (unpaired) electrons. The number of hydrogen-bond donors (Lipinski definition) is 2. The first-order valence-corrected chi connectivity index (χ1v) is 7.41. The Morgan fingerprint density at radius 2 is 1.55 bits per heavy atom. The molecule has 2 aromatic rings. The predicted octanol–water partition coefficient (Wildman–Crippen LogP) is 2.36. The zero-order valence-corrected chi connectivity index (χ0v) is 12.8. The maximum atomic E-state index is 12.7. The Morgan fingerprint density at radius 1 is 0.955 bits per heavy atom. The Morgan fingerprint density at radius 3 is 2.14 bits per heavy atom. The topological polar surface area (TPSA) is 60.8 Å². The van der Waals surface area contributed by atoms with E-state index in [1.807, 2.05) is 12.1 Å². The van der Waals surface area contributed by atoms with Gasteiger partial charge >= 0.3 is 0 Å². The Labute approximate surface area is 134 Å². The maximum Gasteiger partial charge on any atom is 0.195 e. The summed E-state index contributed by atoms with van der Waals surface area (Å²) < 4.78 is 0. The number of rotatable bonds is 7. The van der Waals surface area contributed by atoms with Crippen molar-refractivity contribution < 1.29 is 15.0 Å². The van der Waals surface area contributed by atoms with E-state index in [0.29, 0.717) is 34.9 Å². The molecule has 116 valence electrons. The van der Waals surface area contributed by atoms with Crippen molar-refractivity contribution in [2.24, 2.45) is 0 Å². The number of aliphatic hydroxyl groups is 2. The van der Waals surface area contributed by atoms with Gasteiger partial charge in [0.05, 0.1) is 13.2 Å². The summed E-state index contributed by atoms with van der Waals surface area (Å²) in [7, 11) is 0. The molecular formula is C17H18ClNO3. The van der Waals surface area contributed by atoms with Crippen LogP contribution in [0, 0.1) is 0 Å². The minimum atomic E-state index is -0.117. The van der Waals surface area contributed by atoms with Gasteiger partial charge in [0.1, 0.15) is 0 Å². The lowest BCUT2D eigenvalue weighted by atomic mass is 10.0. The minimum absolute atomic E-state index is 0.0521. The fraction of sp³-hybridized carbons (Fsp3) is 0.235. The van der Waals surface area contributed by atoms with Crippen molar-refractivity contribution in [2.45, 2.75) is 0 Å². The van der Waals surface area contributed by atoms with E-state index in [4.69, 9.17) is 11.6 Å². The van der Waals surface area contributed by atoms with Crippen LogP contribution in [0.1, 0.15) is 15.9 Å². The summed E-state index contributed by atoms with van der Waals surface area (Å²) in [5.74, 6) is -0.117. The number of halogens is 1. The molecule has 4 nitrogen and oxygen atoms in total. The van der Waals surface area contributed by atoms with E-state index in [0.717, 1.165) is 0 Å². The van der Waals surface area contributed by atoms with Gasteiger partial charge in [-0.2, -0.15) is 0 Å². The number of carbonyl (C=O) groups excluding carboxylic acids is 1. The van der Waals surface area contributed by atoms with Gasteiger partial charge in [-0.25, -0.2) is 0 Å². The van der Waals surface area contributed by atoms with Crippen molar-refractivity contribution >= 4 is 23.1 Å². The molecule has 0 amide bonds. The van der Waals surface area contributed by atoms with E-state index < -0.39 is 0 Å². The monoisotopic (exact) mass is 319 g/mol. The summed E-state index contributed by atoms with van der Waals surface area (Å²) >= 11 is 5.85. The molecule has 5 heteroatoms. The lowest BCUT2D eigenvalue weighted by molar-refractivity contribution is 0.103. The van der Waals surface area contributed by atoms with Gasteiger partial charge in [-0.05, 0) is 36.4 Å². The molecule has 0 spiro atoms. The Bertz CT molecular complexity index is 622. The lowest BCUT2D eigenvalue weighted by Gasteiger charge is -2.25. The molecule has 0 aliphatic carbocycles. The van der Waals surface area contributed by atoms with Crippen molar-refractivity contribution in [1.82, 2.24) is 0 Å². The number of para-hydroxylation sites is 1. The maximum absolute atomic E-state index is 12.7. The highest BCUT2D eigenvalue weighted by atomic mass is 35.5. The predicted molar refractivity (Wildman–Crippen MR) is 87.7 cm³/mol. The first-order chi connectivity index (χ1) is 10.7. The normalized spacial score (nSPS) is 10.5. The number of hydrogen-bond acceptors (Lipinski definition) is 4. The van der Waals surface area contributed by atoms with Crippen LogP contribution >= 0.6 is 11.6 Å². The van der Waals surface area contributed by atoms with Gasteiger partial charge in [0.25, 0.3) is 0 Å². The molecule has 0 aliphatic heterocycles. The first-order valence-electron chi connectivity index (χ1n) is 7.03. The Kier molecular flexibility index (Phi) is 5.95. The summed E-state index contributed by atoms with van der Waals surface area (Å²) in [6, 6.07) is 13.9. The fourth-order valence-electron chi connectivity index (χ4n) is 2.29. The molecule has 0 fully saturated rings. The van der Waals surface area contributed by atoms with Crippen LogP contribution in [-0.4, -0.2) is 42.3 Å². The second-order valence-electron chi connectivity index (χ2n) is 4.79. The SMILES string of the molecule is O=C(c1ccc(Cl)cc1)c1ccccc1N(CCO)CCO. The van der Waals surface area contributed by atoms with Crippen LogP contribution in [0.3, 0.4) is 0 Å². The zero-order valence-electron chi connectivity index (χ0n) is 12.1. The molecule has 2 aromatic carbocycles. The Balaban J connectivity index is 2.38. The second kappa shape index (κ2) is 7.94. The largest absolute Gasteiger partial charge is 0.395 e. The number of carbonyl (C=O) groups is 1. The summed E-state index contributed by atoms with van der Waals surface area (Å²) in [4.78, 5) is 14.5. The van der Waals surface area contributed by atoms with Gasteiger partial charge in [0.15, 0.2) is 5.78 Å². The van der Waals surface area contributed by atoms with Crippen molar-refractivity contribution in [3.8, 4) is 0 Å². The fourth-order valence-corrected chi connectivity index (χ4v) is 2.42. The zero-order chi connectivity index (χ0) is 15.9. The number of ketones is 1. The number of aliphatic hydroxyl groups excluding tert-OH is 2. The molecule has 0 bridgehead atoms. The van der Waals surface area contributed by atoms with E-state index in [1.165, 1.54) is 0 Å². The molecule has 0 unspecified atom stereocenters. The molecule has 0 saturated carbocycles. The summed E-state index contributed by atoms with van der Waals surface area (Å²) in [6.07, 6.45) is 0. The summed E-state index contributed by atoms with van der Waals surface area (Å²) in [6.45, 7) is 0.601. The van der Waals surface area contributed by atoms with Crippen molar-refractivity contribution in [3.05, 3.63) is 64.7 Å². The van der Waals surface area contributed by atoms with E-state index in [2.05, 4.69) is 0 Å². The van der Waals surface area contributed by atoms with Gasteiger partial charge < -0.3 is 15.1 Å². The standard InChI is InChI=1S/C17H18ClNO3/c18-14-7-5-13(6-8-14)17(22)15-3-1-2-4-16(15)19(9-11-20)10-12-21/h1-8,20-21H,9-12H2. The molecule has 2 rings (SSSR count). The van der Waals surface area contributed by atoms with Gasteiger partial charge in [-0.1, -0.05) is 23.7 Å². The van der Waals surface area contributed by atoms with Gasteiger partial charge in [-0.15, -0.1) is 0 Å². The average Bonchev–Trinajstić information content (AvgIpc) is 2.55. The average molecular weight is 320 g/mol. The van der Waals surface area contributed by atoms with Crippen molar-refractivity contribution in [2.75, 3.05) is 31.2 Å². The molecule has 0 saturated heterocycles. The highest BCUT2D eigenvalue weighted by Crippen LogP contribution is 2.23. The number of nitrogens with zero attached hydrogens (tertiary/aromatic N) is 1. The van der Waals surface area contributed by atoms with Crippen LogP contribution in [0.15, 0.2) is 48.5 Å². The van der Waals surface area contributed by atoms with Crippen LogP contribution < -0.4 is 4.90 Å². The van der Waals surface area contributed by atoms with E-state index >= 15 is 0 Å². The molecule has 0 aromatic heterocycles. The molecule has 0 atom stereocenters. The van der Waals surface area contributed by atoms with Crippen LogP contribution in [-0.2, 0) is 0 Å². The van der Waals surface area contributed by atoms with E-state index in [-0.39, 0.29) is 19.0 Å². The quantitative estimate of drug-likeness (QED) is 0.769. The van der Waals surface area contributed by atoms with Crippen LogP contribution in [0.4, 0.5) is 5.69 Å². The minimum Gasteiger partial charge on any atom is -0.395 e. The number of anilines is 1. The van der Waals surface area contributed by atoms with E-state index in [1.54, 1.807) is 41.3 Å². The molecule has 2 N–H and O–H groups in total. The smallest absolute Gasteiger partial charge is 0.195 e. The third-order valence-electron chi connectivity index (χ3n) is 3.34. The first kappa shape index (κ1) is 16.5. The molecule has 22 heavy (non-hydrogen) atoms. The third kappa shape index (κ3) is 3.85. The van der Waals surface area contributed by atoms with Gasteiger partial charge in [0, 0.05) is 34.9 Å². The van der Waals surface area contributed by atoms with Crippen molar-refractivity contribution in [1.29, 1.82) is 0 Å². The van der Waals surface area contributed by atoms with Crippen LogP contribution in [0.5, 0.6) is 0 Å². The second-order valence-corrected chi connectivity index (χ2v) is 5.22. The molecule has 0 aliphatic rings. The van der Waals surface area contributed by atoms with Crippen LogP contribution in [0.2, 0.25) is 5.02 Å². The number of benzene rings is 2. The third-order valence-corrected chi connectivity index (χ3v) is 3.59. The van der Waals surface area contributed by atoms with Crippen molar-refractivity contribution in [3.63, 3.8) is 0 Å². The molecule has 0 heterocycles.